The van der Waals surface area contributed by atoms with Crippen LogP contribution in [0.15, 0.2) is 47.6 Å². The number of methoxy groups -OCH3 is 1. The normalized spacial score (nSPS) is 18.4. The second-order valence-electron chi connectivity index (χ2n) is 8.62. The van der Waals surface area contributed by atoms with Crippen molar-refractivity contribution in [3.05, 3.63) is 64.7 Å². The van der Waals surface area contributed by atoms with Crippen LogP contribution >= 0.6 is 0 Å². The number of nitrogens with one attached hydrogen (secondary N) is 2. The van der Waals surface area contributed by atoms with Crippen LogP contribution in [0.1, 0.15) is 27.0 Å². The summed E-state index contributed by atoms with van der Waals surface area (Å²) in [4.78, 5) is 42.8. The highest BCUT2D eigenvalue weighted by atomic mass is 16.6. The standard InChI is InChI=1S/C17H18N4O4.C10H11NO2/c1-24-20-15(21-8-10-25-11-9-21)13-5-2-12(3-6-13)4-7-14-16(22)19-17(23)18-14;1-11-6-7-3-4-8(13-2)5-9(7)10(11)12/h2-3,5-6,14H,8-11H2,1H3,(H2,18,19,22,23);3-5H,6H2,1-2H3/b20-15-;/t14-;/m0./s1. The Bertz CT molecular complexity index is 1290. The van der Waals surface area contributed by atoms with Crippen molar-refractivity contribution in [1.29, 1.82) is 0 Å². The van der Waals surface area contributed by atoms with Gasteiger partial charge in [-0.1, -0.05) is 23.1 Å². The van der Waals surface area contributed by atoms with Crippen LogP contribution in [0.5, 0.6) is 5.75 Å². The number of carbonyl (C=O) groups excluding carboxylic acids is 3. The molecule has 2 fully saturated rings. The molecule has 1 atom stereocenters. The molecular weight excluding hydrogens is 490 g/mol. The first kappa shape index (κ1) is 26.5. The minimum absolute atomic E-state index is 0.0777. The number of urea groups is 1. The maximum atomic E-state index is 11.5. The summed E-state index contributed by atoms with van der Waals surface area (Å²) in [5, 5.41) is 8.70. The van der Waals surface area contributed by atoms with Crippen LogP contribution in [0.3, 0.4) is 0 Å². The molecule has 11 heteroatoms. The lowest BCUT2D eigenvalue weighted by molar-refractivity contribution is -0.119. The van der Waals surface area contributed by atoms with Crippen LogP contribution in [0.4, 0.5) is 4.79 Å². The summed E-state index contributed by atoms with van der Waals surface area (Å²) < 4.78 is 10.4. The third kappa shape index (κ3) is 6.22. The predicted molar refractivity (Wildman–Crippen MR) is 139 cm³/mol. The Labute approximate surface area is 220 Å². The van der Waals surface area contributed by atoms with Gasteiger partial charge in [-0.3, -0.25) is 14.9 Å². The highest BCUT2D eigenvalue weighted by molar-refractivity contribution is 6.06. The van der Waals surface area contributed by atoms with Crippen molar-refractivity contribution in [1.82, 2.24) is 20.4 Å². The Balaban J connectivity index is 0.000000216. The maximum Gasteiger partial charge on any atom is 0.322 e. The number of nitrogens with zero attached hydrogens (tertiary/aromatic N) is 3. The fourth-order valence-electron chi connectivity index (χ4n) is 4.08. The highest BCUT2D eigenvalue weighted by Gasteiger charge is 2.27. The fourth-order valence-corrected chi connectivity index (χ4v) is 4.08. The Morgan fingerprint density at radius 2 is 1.82 bits per heavy atom. The average molecular weight is 520 g/mol. The first-order chi connectivity index (χ1) is 18.4. The van der Waals surface area contributed by atoms with Gasteiger partial charge in [-0.15, -0.1) is 0 Å². The van der Waals surface area contributed by atoms with E-state index in [9.17, 15) is 14.4 Å². The number of oxime groups is 1. The highest BCUT2D eigenvalue weighted by Crippen LogP contribution is 2.25. The molecule has 5 rings (SSSR count). The first-order valence-electron chi connectivity index (χ1n) is 12.0. The number of ether oxygens (including phenoxy) is 2. The molecule has 2 saturated heterocycles. The summed E-state index contributed by atoms with van der Waals surface area (Å²) in [7, 11) is 4.92. The monoisotopic (exact) mass is 519 g/mol. The lowest BCUT2D eigenvalue weighted by atomic mass is 10.1. The molecule has 0 aromatic heterocycles. The maximum absolute atomic E-state index is 11.5. The lowest BCUT2D eigenvalue weighted by Gasteiger charge is -2.29. The first-order valence-corrected chi connectivity index (χ1v) is 12.0. The largest absolute Gasteiger partial charge is 0.497 e. The number of imide groups is 1. The van der Waals surface area contributed by atoms with Gasteiger partial charge >= 0.3 is 6.03 Å². The van der Waals surface area contributed by atoms with E-state index >= 15 is 0 Å². The van der Waals surface area contributed by atoms with Gasteiger partial charge in [-0.05, 0) is 42.0 Å². The SMILES string of the molecule is CO/N=C(/c1ccc(C#C[C@@H]2NC(=O)NC2=O)cc1)N1CCOCC1.COc1ccc2c(c1)C(=O)N(C)C2. The van der Waals surface area contributed by atoms with Crippen LogP contribution in [0.2, 0.25) is 0 Å². The van der Waals surface area contributed by atoms with Gasteiger partial charge in [0.1, 0.15) is 12.9 Å². The third-order valence-corrected chi connectivity index (χ3v) is 6.07. The Morgan fingerprint density at radius 3 is 2.45 bits per heavy atom. The zero-order chi connectivity index (χ0) is 27.1. The zero-order valence-electron chi connectivity index (χ0n) is 21.4. The van der Waals surface area contributed by atoms with Gasteiger partial charge in [0.15, 0.2) is 11.9 Å². The summed E-state index contributed by atoms with van der Waals surface area (Å²) >= 11 is 0. The van der Waals surface area contributed by atoms with Crippen LogP contribution in [0.25, 0.3) is 0 Å². The van der Waals surface area contributed by atoms with Gasteiger partial charge in [-0.25, -0.2) is 4.79 Å². The molecule has 0 spiro atoms. The topological polar surface area (TPSA) is 122 Å². The number of rotatable bonds is 3. The molecule has 38 heavy (non-hydrogen) atoms. The van der Waals surface area contributed by atoms with Gasteiger partial charge in [-0.2, -0.15) is 0 Å². The molecule has 2 aromatic rings. The molecule has 2 aromatic carbocycles. The zero-order valence-corrected chi connectivity index (χ0v) is 21.4. The quantitative estimate of drug-likeness (QED) is 0.205. The summed E-state index contributed by atoms with van der Waals surface area (Å²) in [6, 6.07) is 11.7. The smallest absolute Gasteiger partial charge is 0.322 e. The van der Waals surface area contributed by atoms with E-state index in [2.05, 4.69) is 32.5 Å². The minimum atomic E-state index is -0.814. The van der Waals surface area contributed by atoms with Crippen molar-refractivity contribution in [3.63, 3.8) is 0 Å². The molecule has 198 valence electrons. The van der Waals surface area contributed by atoms with E-state index in [-0.39, 0.29) is 5.91 Å². The van der Waals surface area contributed by atoms with Crippen molar-refractivity contribution < 1.29 is 28.7 Å². The Hall–Kier alpha value is -4.56. The van der Waals surface area contributed by atoms with E-state index in [0.29, 0.717) is 19.8 Å². The van der Waals surface area contributed by atoms with Crippen molar-refractivity contribution in [2.75, 3.05) is 47.6 Å². The van der Waals surface area contributed by atoms with E-state index in [4.69, 9.17) is 14.3 Å². The predicted octanol–water partition coefficient (Wildman–Crippen LogP) is 1.17. The molecule has 3 aliphatic heterocycles. The second-order valence-corrected chi connectivity index (χ2v) is 8.62. The number of hydrogen-bond acceptors (Lipinski definition) is 7. The molecule has 0 aliphatic carbocycles. The van der Waals surface area contributed by atoms with E-state index < -0.39 is 18.0 Å². The summed E-state index contributed by atoms with van der Waals surface area (Å²) in [6.07, 6.45) is 0. The van der Waals surface area contributed by atoms with Crippen molar-refractivity contribution >= 4 is 23.7 Å². The number of carbonyl (C=O) groups is 3. The molecular formula is C27H29N5O6. The van der Waals surface area contributed by atoms with Gasteiger partial charge in [0.05, 0.1) is 20.3 Å². The molecule has 0 radical (unpaired) electrons. The number of fused-ring (bicyclic) bond motifs is 1. The molecule has 0 bridgehead atoms. The number of hydrogen-bond donors (Lipinski definition) is 2. The summed E-state index contributed by atoms with van der Waals surface area (Å²) in [5.74, 6) is 6.75. The van der Waals surface area contributed by atoms with Crippen molar-refractivity contribution in [2.24, 2.45) is 5.16 Å². The van der Waals surface area contributed by atoms with Crippen molar-refractivity contribution in [2.45, 2.75) is 12.6 Å². The fraction of sp³-hybridized carbons (Fsp3) is 0.333. The van der Waals surface area contributed by atoms with Gasteiger partial charge in [0, 0.05) is 43.4 Å². The Morgan fingerprint density at radius 1 is 1.08 bits per heavy atom. The Kier molecular flexibility index (Phi) is 8.45. The molecule has 11 nitrogen and oxygen atoms in total. The summed E-state index contributed by atoms with van der Waals surface area (Å²) in [6.45, 7) is 3.52. The average Bonchev–Trinajstić information content (AvgIpc) is 3.42. The molecule has 3 aliphatic rings. The van der Waals surface area contributed by atoms with Crippen LogP contribution in [0, 0.1) is 11.8 Å². The molecule has 2 N–H and O–H groups in total. The molecule has 0 unspecified atom stereocenters. The third-order valence-electron chi connectivity index (χ3n) is 6.07. The van der Waals surface area contributed by atoms with E-state index in [1.807, 2.05) is 36.4 Å². The number of amides is 4. The minimum Gasteiger partial charge on any atom is -0.497 e. The van der Waals surface area contributed by atoms with E-state index in [1.165, 1.54) is 7.11 Å². The molecule has 4 amide bonds. The van der Waals surface area contributed by atoms with E-state index in [1.54, 1.807) is 25.1 Å². The van der Waals surface area contributed by atoms with Crippen LogP contribution in [-0.2, 0) is 20.9 Å². The second kappa shape index (κ2) is 12.1. The van der Waals surface area contributed by atoms with E-state index in [0.717, 1.165) is 46.9 Å². The molecule has 0 saturated carbocycles. The molecule has 3 heterocycles. The van der Waals surface area contributed by atoms with Gasteiger partial charge in [0.2, 0.25) is 0 Å². The van der Waals surface area contributed by atoms with Crippen LogP contribution < -0.4 is 15.4 Å². The summed E-state index contributed by atoms with van der Waals surface area (Å²) in [5.41, 5.74) is 3.48. The number of morpholine rings is 1. The van der Waals surface area contributed by atoms with Gasteiger partial charge < -0.3 is 29.4 Å². The lowest BCUT2D eigenvalue weighted by Crippen LogP contribution is -2.41. The van der Waals surface area contributed by atoms with Crippen molar-refractivity contribution in [3.8, 4) is 17.6 Å². The van der Waals surface area contributed by atoms with Gasteiger partial charge in [0.25, 0.3) is 11.8 Å². The number of benzene rings is 2. The number of amidine groups is 1. The van der Waals surface area contributed by atoms with Crippen LogP contribution in [-0.4, -0.2) is 87.1 Å².